The Labute approximate surface area is 253 Å². The molecule has 0 fully saturated rings. The molecule has 2 aromatic rings. The van der Waals surface area contributed by atoms with Gasteiger partial charge in [0.2, 0.25) is 11.6 Å². The van der Waals surface area contributed by atoms with Crippen LogP contribution in [-0.2, 0) is 22.7 Å². The molecule has 0 saturated heterocycles. The van der Waals surface area contributed by atoms with Crippen LogP contribution in [0.3, 0.4) is 0 Å². The van der Waals surface area contributed by atoms with Crippen molar-refractivity contribution >= 4 is 11.8 Å². The fraction of sp³-hybridized carbons (Fsp3) is 0.594. The minimum Gasteiger partial charge on any atom is -1.00 e. The zero-order chi connectivity index (χ0) is 27.6. The molecular weight excluding hydrogens is 603 g/mol. The number of rotatable bonds is 19. The van der Waals surface area contributed by atoms with Crippen LogP contribution >= 0.6 is 0 Å². The van der Waals surface area contributed by atoms with E-state index >= 15 is 0 Å². The predicted molar refractivity (Wildman–Crippen MR) is 152 cm³/mol. The number of carbonyl (C=O) groups is 2. The van der Waals surface area contributed by atoms with Crippen molar-refractivity contribution in [1.29, 1.82) is 0 Å². The molecule has 1 aromatic heterocycles. The minimum atomic E-state index is -0.356. The van der Waals surface area contributed by atoms with Crippen molar-refractivity contribution in [1.82, 2.24) is 4.90 Å². The maximum Gasteiger partial charge on any atom is 0.267 e. The van der Waals surface area contributed by atoms with Crippen LogP contribution in [-0.4, -0.2) is 29.9 Å². The molecule has 0 atom stereocenters. The van der Waals surface area contributed by atoms with E-state index < -0.39 is 0 Å². The molecular formula is C32H49IN2O4. The topological polar surface area (TPSA) is 59.7 Å². The average molecular weight is 653 g/mol. The fourth-order valence-electron chi connectivity index (χ4n) is 4.52. The van der Waals surface area contributed by atoms with Gasteiger partial charge in [-0.25, -0.2) is 4.57 Å². The van der Waals surface area contributed by atoms with Crippen molar-refractivity contribution in [2.45, 2.75) is 111 Å². The highest BCUT2D eigenvalue weighted by molar-refractivity contribution is 5.94. The summed E-state index contributed by atoms with van der Waals surface area (Å²) in [5.41, 5.74) is 1.81. The highest BCUT2D eigenvalue weighted by atomic mass is 127. The molecule has 0 aliphatic carbocycles. The lowest BCUT2D eigenvalue weighted by Crippen LogP contribution is -3.00. The van der Waals surface area contributed by atoms with E-state index in [0.717, 1.165) is 36.4 Å². The van der Waals surface area contributed by atoms with Crippen molar-refractivity contribution < 1.29 is 47.6 Å². The summed E-state index contributed by atoms with van der Waals surface area (Å²) in [6.07, 6.45) is 16.0. The van der Waals surface area contributed by atoms with Gasteiger partial charge < -0.3 is 33.5 Å². The van der Waals surface area contributed by atoms with Crippen LogP contribution < -0.4 is 38.0 Å². The summed E-state index contributed by atoms with van der Waals surface area (Å²) in [5, 5.41) is 0. The molecule has 0 aliphatic heterocycles. The summed E-state index contributed by atoms with van der Waals surface area (Å²) in [6.45, 7) is 9.28. The summed E-state index contributed by atoms with van der Waals surface area (Å²) in [6, 6.07) is 11.5. The number of halogens is 1. The zero-order valence-electron chi connectivity index (χ0n) is 24.6. The van der Waals surface area contributed by atoms with Gasteiger partial charge in [-0.2, -0.15) is 0 Å². The number of imide groups is 1. The number of unbranched alkanes of at least 4 members (excludes halogenated alkanes) is 9. The largest absolute Gasteiger partial charge is 1.00 e. The Kier molecular flexibility index (Phi) is 18.5. The second-order valence-corrected chi connectivity index (χ2v) is 10.1. The Morgan fingerprint density at radius 3 is 2.13 bits per heavy atom. The van der Waals surface area contributed by atoms with Crippen molar-refractivity contribution in [3.63, 3.8) is 0 Å². The van der Waals surface area contributed by atoms with Crippen LogP contribution in [0.25, 0.3) is 0 Å². The minimum absolute atomic E-state index is 0. The third-order valence-electron chi connectivity index (χ3n) is 6.76. The highest BCUT2D eigenvalue weighted by Crippen LogP contribution is 2.24. The number of carbonyl (C=O) groups excluding carboxylic acids is 2. The van der Waals surface area contributed by atoms with Crippen LogP contribution in [0.4, 0.5) is 0 Å². The van der Waals surface area contributed by atoms with Crippen molar-refractivity contribution in [3.05, 3.63) is 53.9 Å². The molecule has 39 heavy (non-hydrogen) atoms. The van der Waals surface area contributed by atoms with Gasteiger partial charge in [0.1, 0.15) is 24.6 Å². The monoisotopic (exact) mass is 652 g/mol. The Hall–Kier alpha value is -2.16. The molecule has 0 saturated carbocycles. The van der Waals surface area contributed by atoms with Gasteiger partial charge in [0, 0.05) is 25.5 Å². The second kappa shape index (κ2) is 20.7. The van der Waals surface area contributed by atoms with Gasteiger partial charge in [0.25, 0.3) is 5.91 Å². The maximum atomic E-state index is 12.9. The van der Waals surface area contributed by atoms with E-state index in [0.29, 0.717) is 12.4 Å². The van der Waals surface area contributed by atoms with Gasteiger partial charge in [0.05, 0.1) is 6.61 Å². The lowest BCUT2D eigenvalue weighted by molar-refractivity contribution is -0.704. The van der Waals surface area contributed by atoms with E-state index in [1.165, 1.54) is 69.6 Å². The number of benzene rings is 1. The molecule has 2 amide bonds. The molecule has 0 aliphatic rings. The number of aryl methyl sites for hydroxylation is 2. The summed E-state index contributed by atoms with van der Waals surface area (Å²) in [5.74, 6) is 0.781. The van der Waals surface area contributed by atoms with Crippen LogP contribution in [0, 0.1) is 6.92 Å². The number of hydrogen-bond donors (Lipinski definition) is 0. The van der Waals surface area contributed by atoms with Crippen LogP contribution in [0.5, 0.6) is 11.5 Å². The fourth-order valence-corrected chi connectivity index (χ4v) is 4.52. The lowest BCUT2D eigenvalue weighted by Gasteiger charge is -2.19. The summed E-state index contributed by atoms with van der Waals surface area (Å²) >= 11 is 0. The molecule has 0 bridgehead atoms. The van der Waals surface area contributed by atoms with Gasteiger partial charge in [-0.3, -0.25) is 14.5 Å². The van der Waals surface area contributed by atoms with Crippen LogP contribution in [0.1, 0.15) is 103 Å². The Bertz CT molecular complexity index is 982. The molecule has 218 valence electrons. The first-order chi connectivity index (χ1) is 18.5. The summed E-state index contributed by atoms with van der Waals surface area (Å²) in [7, 11) is 0. The Morgan fingerprint density at radius 1 is 0.846 bits per heavy atom. The number of amides is 2. The van der Waals surface area contributed by atoms with Crippen molar-refractivity contribution in [3.8, 4) is 11.5 Å². The summed E-state index contributed by atoms with van der Waals surface area (Å²) in [4.78, 5) is 26.4. The van der Waals surface area contributed by atoms with Crippen molar-refractivity contribution in [2.75, 3.05) is 13.2 Å². The van der Waals surface area contributed by atoms with Crippen LogP contribution in [0.2, 0.25) is 0 Å². The molecule has 6 nitrogen and oxygen atoms in total. The van der Waals surface area contributed by atoms with Gasteiger partial charge in [-0.05, 0) is 37.1 Å². The SMILES string of the molecule is CCCCCCCCCCCCOc1ccc(OCC(=O)N(Cc2cccc[n+]2CCC)C(C)=O)c(C)c1.[I-]. The molecule has 7 heteroatoms. The van der Waals surface area contributed by atoms with Gasteiger partial charge in [0.15, 0.2) is 12.8 Å². The van der Waals surface area contributed by atoms with Crippen LogP contribution in [0.15, 0.2) is 42.6 Å². The smallest absolute Gasteiger partial charge is 0.267 e. The van der Waals surface area contributed by atoms with E-state index in [-0.39, 0.29) is 48.9 Å². The van der Waals surface area contributed by atoms with Gasteiger partial charge in [-0.15, -0.1) is 0 Å². The first-order valence-electron chi connectivity index (χ1n) is 14.6. The Morgan fingerprint density at radius 2 is 1.51 bits per heavy atom. The molecule has 1 aromatic carbocycles. The third-order valence-corrected chi connectivity index (χ3v) is 6.76. The van der Waals surface area contributed by atoms with E-state index in [1.807, 2.05) is 49.5 Å². The predicted octanol–water partition coefficient (Wildman–Crippen LogP) is 3.95. The molecule has 1 heterocycles. The normalized spacial score (nSPS) is 10.6. The molecule has 2 rings (SSSR count). The first-order valence-corrected chi connectivity index (χ1v) is 14.6. The molecule has 0 radical (unpaired) electrons. The zero-order valence-corrected chi connectivity index (χ0v) is 26.7. The van der Waals surface area contributed by atoms with Crippen molar-refractivity contribution in [2.24, 2.45) is 0 Å². The molecule has 0 spiro atoms. The second-order valence-electron chi connectivity index (χ2n) is 10.1. The van der Waals surface area contributed by atoms with E-state index in [9.17, 15) is 9.59 Å². The summed E-state index contributed by atoms with van der Waals surface area (Å²) < 4.78 is 13.8. The average Bonchev–Trinajstić information content (AvgIpc) is 2.90. The quantitative estimate of drug-likeness (QED) is 0.131. The Balaban J connectivity index is 0.00000760. The van der Waals surface area contributed by atoms with E-state index in [2.05, 4.69) is 18.4 Å². The number of pyridine rings is 1. The number of nitrogens with zero attached hydrogens (tertiary/aromatic N) is 2. The molecule has 0 N–H and O–H groups in total. The van der Waals surface area contributed by atoms with Gasteiger partial charge >= 0.3 is 0 Å². The number of hydrogen-bond acceptors (Lipinski definition) is 4. The highest BCUT2D eigenvalue weighted by Gasteiger charge is 2.23. The number of aromatic nitrogens is 1. The first kappa shape index (κ1) is 34.9. The van der Waals surface area contributed by atoms with E-state index in [4.69, 9.17) is 9.47 Å². The maximum absolute atomic E-state index is 12.9. The molecule has 0 unspecified atom stereocenters. The standard InChI is InChI=1S/C32H49N2O4.HI/c1-5-7-8-9-10-11-12-13-14-17-23-37-30-19-20-31(27(3)24-30)38-26-32(36)34(28(4)35)25-29-18-15-16-22-33(29)21-6-2;/h15-16,18-20,22,24H,5-14,17,21,23,25-26H2,1-4H3;1H/q+1;/p-1. The van der Waals surface area contributed by atoms with E-state index in [1.54, 1.807) is 0 Å². The van der Waals surface area contributed by atoms with Gasteiger partial charge in [-0.1, -0.05) is 77.7 Å². The lowest BCUT2D eigenvalue weighted by atomic mass is 10.1. The third kappa shape index (κ3) is 13.6. The number of ether oxygens (including phenoxy) is 2.